The standard InChI is InChI=1S/C13H20ClN3O3S/c1-2-5-15-13-12(14)8-11(9-16-13)21(19,20)17-6-3-10(18)4-7-17/h8-10,18H,2-7H2,1H3,(H,15,16). The van der Waals surface area contributed by atoms with Gasteiger partial charge in [0, 0.05) is 25.8 Å². The summed E-state index contributed by atoms with van der Waals surface area (Å²) in [5.74, 6) is 0.492. The minimum absolute atomic E-state index is 0.0888. The predicted octanol–water partition coefficient (Wildman–Crippen LogP) is 1.70. The number of anilines is 1. The summed E-state index contributed by atoms with van der Waals surface area (Å²) in [6, 6.07) is 1.42. The molecule has 6 nitrogen and oxygen atoms in total. The average molecular weight is 334 g/mol. The second-order valence-corrected chi connectivity index (χ2v) is 7.41. The van der Waals surface area contributed by atoms with Crippen molar-refractivity contribution in [3.05, 3.63) is 17.3 Å². The maximum atomic E-state index is 12.5. The van der Waals surface area contributed by atoms with Crippen LogP contribution in [0.2, 0.25) is 5.02 Å². The number of rotatable bonds is 5. The zero-order chi connectivity index (χ0) is 15.5. The number of sulfonamides is 1. The van der Waals surface area contributed by atoms with E-state index in [2.05, 4.69) is 10.3 Å². The Labute approximate surface area is 130 Å². The minimum atomic E-state index is -3.60. The highest BCUT2D eigenvalue weighted by molar-refractivity contribution is 7.89. The molecule has 1 aliphatic rings. The van der Waals surface area contributed by atoms with Crippen LogP contribution in [0.25, 0.3) is 0 Å². The Morgan fingerprint density at radius 1 is 1.48 bits per heavy atom. The quantitative estimate of drug-likeness (QED) is 0.857. The number of aliphatic hydroxyl groups excluding tert-OH is 1. The molecule has 0 unspecified atom stereocenters. The Morgan fingerprint density at radius 3 is 2.71 bits per heavy atom. The molecule has 0 atom stereocenters. The van der Waals surface area contributed by atoms with Gasteiger partial charge in [-0.1, -0.05) is 18.5 Å². The molecule has 0 aliphatic carbocycles. The van der Waals surface area contributed by atoms with Crippen molar-refractivity contribution >= 4 is 27.4 Å². The van der Waals surface area contributed by atoms with Gasteiger partial charge in [0.05, 0.1) is 11.1 Å². The highest BCUT2D eigenvalue weighted by Gasteiger charge is 2.29. The van der Waals surface area contributed by atoms with Crippen LogP contribution in [0.4, 0.5) is 5.82 Å². The van der Waals surface area contributed by atoms with E-state index in [1.54, 1.807) is 0 Å². The maximum absolute atomic E-state index is 12.5. The lowest BCUT2D eigenvalue weighted by atomic mass is 10.1. The van der Waals surface area contributed by atoms with E-state index < -0.39 is 16.1 Å². The van der Waals surface area contributed by atoms with E-state index in [0.29, 0.717) is 36.8 Å². The maximum Gasteiger partial charge on any atom is 0.244 e. The normalized spacial score (nSPS) is 17.9. The zero-order valence-corrected chi connectivity index (χ0v) is 13.5. The predicted molar refractivity (Wildman–Crippen MR) is 82.0 cm³/mol. The van der Waals surface area contributed by atoms with Gasteiger partial charge in [0.25, 0.3) is 0 Å². The third-order valence-corrected chi connectivity index (χ3v) is 5.57. The first kappa shape index (κ1) is 16.5. The Morgan fingerprint density at radius 2 is 2.14 bits per heavy atom. The van der Waals surface area contributed by atoms with Crippen LogP contribution >= 0.6 is 11.6 Å². The molecule has 118 valence electrons. The molecule has 2 N–H and O–H groups in total. The van der Waals surface area contributed by atoms with Crippen molar-refractivity contribution in [1.29, 1.82) is 0 Å². The van der Waals surface area contributed by atoms with Gasteiger partial charge in [-0.25, -0.2) is 13.4 Å². The van der Waals surface area contributed by atoms with Crippen LogP contribution in [0.15, 0.2) is 17.2 Å². The van der Waals surface area contributed by atoms with Crippen LogP contribution in [0.5, 0.6) is 0 Å². The molecule has 1 aliphatic heterocycles. The van der Waals surface area contributed by atoms with E-state index in [1.807, 2.05) is 6.92 Å². The third kappa shape index (κ3) is 3.85. The summed E-state index contributed by atoms with van der Waals surface area (Å²) in [4.78, 5) is 4.18. The summed E-state index contributed by atoms with van der Waals surface area (Å²) in [5.41, 5.74) is 0. The molecule has 0 spiro atoms. The lowest BCUT2D eigenvalue weighted by molar-refractivity contribution is 0.113. The number of hydrogen-bond donors (Lipinski definition) is 2. The number of nitrogens with zero attached hydrogens (tertiary/aromatic N) is 2. The molecule has 1 saturated heterocycles. The van der Waals surface area contributed by atoms with E-state index in [1.165, 1.54) is 16.6 Å². The molecule has 0 aromatic carbocycles. The summed E-state index contributed by atoms with van der Waals surface area (Å²) in [5, 5.41) is 12.8. The molecule has 0 amide bonds. The van der Waals surface area contributed by atoms with E-state index in [4.69, 9.17) is 11.6 Å². The first-order valence-electron chi connectivity index (χ1n) is 7.02. The molecular formula is C13H20ClN3O3S. The fourth-order valence-corrected chi connectivity index (χ4v) is 3.91. The summed E-state index contributed by atoms with van der Waals surface area (Å²) < 4.78 is 26.4. The van der Waals surface area contributed by atoms with Gasteiger partial charge in [-0.2, -0.15) is 4.31 Å². The molecule has 2 heterocycles. The smallest absolute Gasteiger partial charge is 0.244 e. The van der Waals surface area contributed by atoms with Gasteiger partial charge in [0.15, 0.2) is 0 Å². The number of pyridine rings is 1. The van der Waals surface area contributed by atoms with Crippen molar-refractivity contribution in [2.75, 3.05) is 25.0 Å². The fraction of sp³-hybridized carbons (Fsp3) is 0.615. The van der Waals surface area contributed by atoms with Crippen molar-refractivity contribution in [2.24, 2.45) is 0 Å². The van der Waals surface area contributed by atoms with Gasteiger partial charge in [0.1, 0.15) is 10.7 Å². The highest BCUT2D eigenvalue weighted by atomic mass is 35.5. The molecule has 1 aromatic rings. The molecule has 8 heteroatoms. The Kier molecular flexibility index (Phi) is 5.43. The van der Waals surface area contributed by atoms with Crippen molar-refractivity contribution in [1.82, 2.24) is 9.29 Å². The Hall–Kier alpha value is -0.890. The van der Waals surface area contributed by atoms with Crippen LogP contribution in [0.1, 0.15) is 26.2 Å². The number of piperidine rings is 1. The molecule has 1 fully saturated rings. The third-order valence-electron chi connectivity index (χ3n) is 3.42. The average Bonchev–Trinajstić information content (AvgIpc) is 2.46. The van der Waals surface area contributed by atoms with Crippen LogP contribution in [-0.4, -0.2) is 48.6 Å². The van der Waals surface area contributed by atoms with Crippen molar-refractivity contribution in [3.8, 4) is 0 Å². The first-order chi connectivity index (χ1) is 9.95. The lowest BCUT2D eigenvalue weighted by Gasteiger charge is -2.28. The molecule has 0 saturated carbocycles. The number of nitrogens with one attached hydrogen (secondary N) is 1. The van der Waals surface area contributed by atoms with E-state index >= 15 is 0 Å². The number of aromatic nitrogens is 1. The molecule has 21 heavy (non-hydrogen) atoms. The van der Waals surface area contributed by atoms with Crippen molar-refractivity contribution in [2.45, 2.75) is 37.2 Å². The van der Waals surface area contributed by atoms with E-state index in [0.717, 1.165) is 13.0 Å². The van der Waals surface area contributed by atoms with Crippen LogP contribution in [0, 0.1) is 0 Å². The SMILES string of the molecule is CCCNc1ncc(S(=O)(=O)N2CCC(O)CC2)cc1Cl. The zero-order valence-electron chi connectivity index (χ0n) is 11.9. The van der Waals surface area contributed by atoms with Gasteiger partial charge in [-0.05, 0) is 25.3 Å². The Balaban J connectivity index is 2.18. The van der Waals surface area contributed by atoms with Crippen molar-refractivity contribution < 1.29 is 13.5 Å². The van der Waals surface area contributed by atoms with Crippen LogP contribution in [0.3, 0.4) is 0 Å². The first-order valence-corrected chi connectivity index (χ1v) is 8.84. The van der Waals surface area contributed by atoms with Gasteiger partial charge in [-0.15, -0.1) is 0 Å². The topological polar surface area (TPSA) is 82.5 Å². The minimum Gasteiger partial charge on any atom is -0.393 e. The van der Waals surface area contributed by atoms with E-state index in [-0.39, 0.29) is 4.90 Å². The number of hydrogen-bond acceptors (Lipinski definition) is 5. The summed E-state index contributed by atoms with van der Waals surface area (Å²) in [6.07, 6.45) is 2.74. The van der Waals surface area contributed by atoms with Gasteiger partial charge in [-0.3, -0.25) is 0 Å². The van der Waals surface area contributed by atoms with Crippen LogP contribution < -0.4 is 5.32 Å². The molecule has 1 aromatic heterocycles. The van der Waals surface area contributed by atoms with Crippen LogP contribution in [-0.2, 0) is 10.0 Å². The Bertz CT molecular complexity index is 586. The second kappa shape index (κ2) is 6.91. The fourth-order valence-electron chi connectivity index (χ4n) is 2.17. The molecular weight excluding hydrogens is 314 g/mol. The number of aliphatic hydroxyl groups is 1. The van der Waals surface area contributed by atoms with Gasteiger partial charge in [0.2, 0.25) is 10.0 Å². The summed E-state index contributed by atoms with van der Waals surface area (Å²) in [7, 11) is -3.60. The summed E-state index contributed by atoms with van der Waals surface area (Å²) >= 11 is 6.09. The van der Waals surface area contributed by atoms with Gasteiger partial charge < -0.3 is 10.4 Å². The highest BCUT2D eigenvalue weighted by Crippen LogP contribution is 2.26. The molecule has 2 rings (SSSR count). The monoisotopic (exact) mass is 333 g/mol. The van der Waals surface area contributed by atoms with Gasteiger partial charge >= 0.3 is 0 Å². The van der Waals surface area contributed by atoms with Crippen molar-refractivity contribution in [3.63, 3.8) is 0 Å². The second-order valence-electron chi connectivity index (χ2n) is 5.06. The molecule has 0 radical (unpaired) electrons. The molecule has 0 bridgehead atoms. The van der Waals surface area contributed by atoms with E-state index in [9.17, 15) is 13.5 Å². The largest absolute Gasteiger partial charge is 0.393 e. The number of halogens is 1. The lowest BCUT2D eigenvalue weighted by Crippen LogP contribution is -2.40. The summed E-state index contributed by atoms with van der Waals surface area (Å²) in [6.45, 7) is 3.38.